The summed E-state index contributed by atoms with van der Waals surface area (Å²) in [5, 5.41) is 6.57. The molecule has 0 radical (unpaired) electrons. The van der Waals surface area contributed by atoms with Gasteiger partial charge in [-0.2, -0.15) is 0 Å². The molecular weight excluding hydrogens is 432 g/mol. The molecule has 0 aliphatic carbocycles. The van der Waals surface area contributed by atoms with Gasteiger partial charge in [0.25, 0.3) is 0 Å². The van der Waals surface area contributed by atoms with Gasteiger partial charge in [0.15, 0.2) is 5.78 Å². The fourth-order valence-corrected chi connectivity index (χ4v) is 4.82. The second-order valence-corrected chi connectivity index (χ2v) is 9.16. The average Bonchev–Trinajstić information content (AvgIpc) is 3.25. The second-order valence-electron chi connectivity index (χ2n) is 7.77. The van der Waals surface area contributed by atoms with Crippen LogP contribution in [0.5, 0.6) is 0 Å². The topological polar surface area (TPSA) is 58.6 Å². The van der Waals surface area contributed by atoms with Gasteiger partial charge in [-0.3, -0.25) is 10.1 Å². The molecule has 0 saturated carbocycles. The van der Waals surface area contributed by atoms with Gasteiger partial charge in [0.2, 0.25) is 0 Å². The lowest BCUT2D eigenvalue weighted by molar-refractivity contribution is 0.0830. The van der Waals surface area contributed by atoms with Crippen molar-refractivity contribution < 1.29 is 14.3 Å². The van der Waals surface area contributed by atoms with Crippen molar-refractivity contribution in [3.8, 4) is 0 Å². The number of Topliss-reactive ketones (excluding diaryl/α,β-unsaturated/α-hetero) is 1. The Kier molecular flexibility index (Phi) is 7.22. The molecule has 1 saturated heterocycles. The largest absolute Gasteiger partial charge is 0.449 e. The number of ether oxygens (including phenoxy) is 1. The number of anilines is 1. The SMILES string of the molecule is O=C(Nc1ccc2sccc2c1)OCCCN1CCC(C(=O)c2ccc(Cl)cc2)CC1. The quantitative estimate of drug-likeness (QED) is 0.345. The van der Waals surface area contributed by atoms with Crippen LogP contribution in [0.25, 0.3) is 10.1 Å². The zero-order valence-electron chi connectivity index (χ0n) is 17.2. The van der Waals surface area contributed by atoms with Gasteiger partial charge in [-0.25, -0.2) is 4.79 Å². The van der Waals surface area contributed by atoms with Crippen LogP contribution in [0, 0.1) is 5.92 Å². The third kappa shape index (κ3) is 5.85. The summed E-state index contributed by atoms with van der Waals surface area (Å²) in [5.41, 5.74) is 1.48. The van der Waals surface area contributed by atoms with Crippen molar-refractivity contribution >= 4 is 50.6 Å². The number of nitrogens with one attached hydrogen (secondary N) is 1. The van der Waals surface area contributed by atoms with Crippen LogP contribution in [-0.4, -0.2) is 43.0 Å². The highest BCUT2D eigenvalue weighted by Gasteiger charge is 2.25. The van der Waals surface area contributed by atoms with Crippen molar-refractivity contribution in [3.05, 3.63) is 64.5 Å². The monoisotopic (exact) mass is 456 g/mol. The summed E-state index contributed by atoms with van der Waals surface area (Å²) in [5.74, 6) is 0.275. The molecule has 1 fully saturated rings. The maximum atomic E-state index is 12.6. The number of halogens is 1. The first-order valence-electron chi connectivity index (χ1n) is 10.5. The van der Waals surface area contributed by atoms with E-state index in [0.29, 0.717) is 11.6 Å². The summed E-state index contributed by atoms with van der Waals surface area (Å²) >= 11 is 7.58. The molecule has 7 heteroatoms. The van der Waals surface area contributed by atoms with Gasteiger partial charge in [-0.15, -0.1) is 11.3 Å². The minimum absolute atomic E-state index is 0.0695. The molecule has 1 aliphatic heterocycles. The van der Waals surface area contributed by atoms with E-state index < -0.39 is 6.09 Å². The van der Waals surface area contributed by atoms with Crippen LogP contribution in [0.2, 0.25) is 5.02 Å². The number of benzene rings is 2. The van der Waals surface area contributed by atoms with Crippen LogP contribution in [0.1, 0.15) is 29.6 Å². The summed E-state index contributed by atoms with van der Waals surface area (Å²) in [6.07, 6.45) is 2.05. The Morgan fingerprint density at radius 2 is 1.87 bits per heavy atom. The second kappa shape index (κ2) is 10.3. The molecule has 0 spiro atoms. The molecule has 0 atom stereocenters. The summed E-state index contributed by atoms with van der Waals surface area (Å²) in [4.78, 5) is 27.0. The van der Waals surface area contributed by atoms with Gasteiger partial charge in [0.05, 0.1) is 6.61 Å². The molecule has 1 aromatic heterocycles. The fraction of sp³-hybridized carbons (Fsp3) is 0.333. The molecule has 0 unspecified atom stereocenters. The first-order valence-corrected chi connectivity index (χ1v) is 11.8. The number of likely N-dealkylation sites (tertiary alicyclic amines) is 1. The van der Waals surface area contributed by atoms with Crippen molar-refractivity contribution in [1.29, 1.82) is 0 Å². The van der Waals surface area contributed by atoms with Gasteiger partial charge in [-0.1, -0.05) is 11.6 Å². The lowest BCUT2D eigenvalue weighted by atomic mass is 9.89. The number of carbonyl (C=O) groups is 2. The van der Waals surface area contributed by atoms with E-state index in [0.717, 1.165) is 55.5 Å². The number of fused-ring (bicyclic) bond motifs is 1. The number of piperidine rings is 1. The zero-order chi connectivity index (χ0) is 21.6. The smallest absolute Gasteiger partial charge is 0.411 e. The first-order chi connectivity index (χ1) is 15.1. The van der Waals surface area contributed by atoms with Gasteiger partial charge in [0, 0.05) is 33.4 Å². The standard InChI is InChI=1S/C24H25ClN2O3S/c25-20-4-2-17(3-5-20)23(28)18-8-12-27(13-9-18)11-1-14-30-24(29)26-21-6-7-22-19(16-21)10-15-31-22/h2-7,10,15-16,18H,1,8-9,11-14H2,(H,26,29). The third-order valence-corrected chi connectivity index (χ3v) is 6.79. The number of rotatable bonds is 7. The lowest BCUT2D eigenvalue weighted by Crippen LogP contribution is -2.37. The van der Waals surface area contributed by atoms with Crippen molar-refractivity contribution in [1.82, 2.24) is 4.90 Å². The van der Waals surface area contributed by atoms with E-state index in [9.17, 15) is 9.59 Å². The molecule has 2 aromatic carbocycles. The first kappa shape index (κ1) is 21.8. The predicted molar refractivity (Wildman–Crippen MR) is 126 cm³/mol. The summed E-state index contributed by atoms with van der Waals surface area (Å²) in [7, 11) is 0. The van der Waals surface area contributed by atoms with Crippen molar-refractivity contribution in [2.75, 3.05) is 31.6 Å². The molecule has 4 rings (SSSR count). The maximum Gasteiger partial charge on any atom is 0.411 e. The van der Waals surface area contributed by atoms with Crippen LogP contribution in [0.15, 0.2) is 53.9 Å². The van der Waals surface area contributed by atoms with Crippen LogP contribution in [0.3, 0.4) is 0 Å². The van der Waals surface area contributed by atoms with Gasteiger partial charge >= 0.3 is 6.09 Å². The van der Waals surface area contributed by atoms with Crippen LogP contribution in [-0.2, 0) is 4.74 Å². The zero-order valence-corrected chi connectivity index (χ0v) is 18.8. The average molecular weight is 457 g/mol. The summed E-state index contributed by atoms with van der Waals surface area (Å²) in [6, 6.07) is 15.0. The van der Waals surface area contributed by atoms with Crippen molar-refractivity contribution in [2.45, 2.75) is 19.3 Å². The molecular formula is C24H25ClN2O3S. The number of thiophene rings is 1. The highest BCUT2D eigenvalue weighted by molar-refractivity contribution is 7.17. The Hall–Kier alpha value is -2.41. The highest BCUT2D eigenvalue weighted by Crippen LogP contribution is 2.24. The molecule has 1 N–H and O–H groups in total. The van der Waals surface area contributed by atoms with E-state index in [-0.39, 0.29) is 11.7 Å². The summed E-state index contributed by atoms with van der Waals surface area (Å²) in [6.45, 7) is 3.00. The van der Waals surface area contributed by atoms with E-state index >= 15 is 0 Å². The van der Waals surface area contributed by atoms with E-state index in [2.05, 4.69) is 10.2 Å². The molecule has 1 amide bonds. The van der Waals surface area contributed by atoms with Crippen molar-refractivity contribution in [3.63, 3.8) is 0 Å². The highest BCUT2D eigenvalue weighted by atomic mass is 35.5. The molecule has 162 valence electrons. The van der Waals surface area contributed by atoms with E-state index in [1.165, 1.54) is 4.70 Å². The minimum Gasteiger partial charge on any atom is -0.449 e. The normalized spacial score (nSPS) is 15.1. The number of ketones is 1. The third-order valence-electron chi connectivity index (χ3n) is 5.64. The van der Waals surface area contributed by atoms with Gasteiger partial charge in [0.1, 0.15) is 0 Å². The van der Waals surface area contributed by atoms with E-state index in [1.807, 2.05) is 29.6 Å². The van der Waals surface area contributed by atoms with E-state index in [1.54, 1.807) is 35.6 Å². The van der Waals surface area contributed by atoms with Crippen LogP contribution < -0.4 is 5.32 Å². The maximum absolute atomic E-state index is 12.6. The number of nitrogens with zero attached hydrogens (tertiary/aromatic N) is 1. The Bertz CT molecular complexity index is 1040. The molecule has 31 heavy (non-hydrogen) atoms. The number of amides is 1. The fourth-order valence-electron chi connectivity index (χ4n) is 3.92. The van der Waals surface area contributed by atoms with Crippen molar-refractivity contribution in [2.24, 2.45) is 5.92 Å². The van der Waals surface area contributed by atoms with Gasteiger partial charge in [-0.05, 0) is 91.6 Å². The molecule has 1 aliphatic rings. The number of carbonyl (C=O) groups excluding carboxylic acids is 2. The van der Waals surface area contributed by atoms with Gasteiger partial charge < -0.3 is 9.64 Å². The number of hydrogen-bond donors (Lipinski definition) is 1. The molecule has 5 nitrogen and oxygen atoms in total. The molecule has 0 bridgehead atoms. The summed E-state index contributed by atoms with van der Waals surface area (Å²) < 4.78 is 6.51. The van der Waals surface area contributed by atoms with Crippen LogP contribution >= 0.6 is 22.9 Å². The van der Waals surface area contributed by atoms with Crippen LogP contribution in [0.4, 0.5) is 10.5 Å². The Labute approximate surface area is 191 Å². The Morgan fingerprint density at radius 1 is 1.10 bits per heavy atom. The predicted octanol–water partition coefficient (Wildman–Crippen LogP) is 6.09. The number of hydrogen-bond acceptors (Lipinski definition) is 5. The Balaban J connectivity index is 1.13. The molecule has 2 heterocycles. The minimum atomic E-state index is -0.429. The molecule has 3 aromatic rings. The van der Waals surface area contributed by atoms with E-state index in [4.69, 9.17) is 16.3 Å². The Morgan fingerprint density at radius 3 is 2.65 bits per heavy atom. The lowest BCUT2D eigenvalue weighted by Gasteiger charge is -2.31.